The predicted molar refractivity (Wildman–Crippen MR) is 154 cm³/mol. The highest BCUT2D eigenvalue weighted by molar-refractivity contribution is 7.09. The number of ether oxygens (including phenoxy) is 2. The van der Waals surface area contributed by atoms with E-state index in [9.17, 15) is 9.59 Å². The Balaban J connectivity index is 1.77. The fourth-order valence-corrected chi connectivity index (χ4v) is 4.94. The van der Waals surface area contributed by atoms with Crippen molar-refractivity contribution in [2.24, 2.45) is 0 Å². The Bertz CT molecular complexity index is 1210. The van der Waals surface area contributed by atoms with Crippen LogP contribution in [0, 0.1) is 13.8 Å². The molecular formula is C30H39N3O4S. The number of carbonyl (C=O) groups excluding carboxylic acids is 2. The smallest absolute Gasteiger partial charge is 0.322 e. The van der Waals surface area contributed by atoms with Gasteiger partial charge in [-0.2, -0.15) is 0 Å². The van der Waals surface area contributed by atoms with Gasteiger partial charge in [0.05, 0.1) is 20.8 Å². The molecule has 0 saturated heterocycles. The zero-order valence-corrected chi connectivity index (χ0v) is 24.1. The van der Waals surface area contributed by atoms with Crippen LogP contribution in [0.3, 0.4) is 0 Å². The number of amides is 3. The minimum atomic E-state index is -0.268. The largest absolute Gasteiger partial charge is 0.493 e. The summed E-state index contributed by atoms with van der Waals surface area (Å²) in [5.74, 6) is 1.24. The van der Waals surface area contributed by atoms with E-state index in [0.29, 0.717) is 31.0 Å². The van der Waals surface area contributed by atoms with Crippen LogP contribution in [-0.4, -0.2) is 55.1 Å². The van der Waals surface area contributed by atoms with E-state index in [0.717, 1.165) is 33.7 Å². The van der Waals surface area contributed by atoms with Crippen LogP contribution in [0.15, 0.2) is 53.9 Å². The van der Waals surface area contributed by atoms with Crippen LogP contribution >= 0.6 is 11.3 Å². The maximum absolute atomic E-state index is 13.7. The molecule has 3 aromatic rings. The first-order valence-electron chi connectivity index (χ1n) is 12.9. The molecule has 0 radical (unpaired) electrons. The van der Waals surface area contributed by atoms with Gasteiger partial charge >= 0.3 is 6.03 Å². The van der Waals surface area contributed by atoms with Crippen LogP contribution in [-0.2, 0) is 17.8 Å². The van der Waals surface area contributed by atoms with Crippen LogP contribution in [0.4, 0.5) is 10.5 Å². The summed E-state index contributed by atoms with van der Waals surface area (Å²) in [4.78, 5) is 31.6. The minimum Gasteiger partial charge on any atom is -0.493 e. The molecule has 38 heavy (non-hydrogen) atoms. The molecule has 3 amide bonds. The fraction of sp³-hybridized carbons (Fsp3) is 0.400. The normalized spacial score (nSPS) is 11.5. The third kappa shape index (κ3) is 7.74. The van der Waals surface area contributed by atoms with E-state index >= 15 is 0 Å². The lowest BCUT2D eigenvalue weighted by molar-refractivity contribution is -0.132. The average Bonchev–Trinajstić information content (AvgIpc) is 3.43. The van der Waals surface area contributed by atoms with Crippen molar-refractivity contribution in [1.82, 2.24) is 9.80 Å². The van der Waals surface area contributed by atoms with E-state index in [-0.39, 0.29) is 24.5 Å². The lowest BCUT2D eigenvalue weighted by Crippen LogP contribution is -2.48. The number of nitrogens with one attached hydrogen (secondary N) is 1. The second kappa shape index (κ2) is 13.9. The third-order valence-corrected chi connectivity index (χ3v) is 7.57. The number of methoxy groups -OCH3 is 2. The number of aryl methyl sites for hydroxylation is 2. The zero-order valence-electron chi connectivity index (χ0n) is 23.2. The van der Waals surface area contributed by atoms with Crippen LogP contribution in [0.1, 0.15) is 41.8 Å². The van der Waals surface area contributed by atoms with E-state index < -0.39 is 0 Å². The van der Waals surface area contributed by atoms with Gasteiger partial charge in [0.15, 0.2) is 11.5 Å². The Kier molecular flexibility index (Phi) is 10.6. The molecule has 204 valence electrons. The van der Waals surface area contributed by atoms with E-state index in [1.54, 1.807) is 30.5 Å². The molecule has 3 rings (SSSR count). The number of hydrogen-bond donors (Lipinski definition) is 1. The van der Waals surface area contributed by atoms with Gasteiger partial charge < -0.3 is 24.6 Å². The number of carbonyl (C=O) groups is 2. The third-order valence-electron chi connectivity index (χ3n) is 6.71. The van der Waals surface area contributed by atoms with Gasteiger partial charge in [-0.15, -0.1) is 11.3 Å². The lowest BCUT2D eigenvalue weighted by atomic mass is 10.1. The SMILES string of the molecule is CCC(C)N(CC(=O)N(CCc1ccc(OC)c(OC)c1)Cc1cccs1)C(=O)Nc1ccc(C)cc1C. The lowest BCUT2D eigenvalue weighted by Gasteiger charge is -2.31. The van der Waals surface area contributed by atoms with Crippen LogP contribution in [0.2, 0.25) is 0 Å². The van der Waals surface area contributed by atoms with Gasteiger partial charge in [-0.05, 0) is 74.4 Å². The highest BCUT2D eigenvalue weighted by Gasteiger charge is 2.25. The number of thiophene rings is 1. The Morgan fingerprint density at radius 3 is 2.42 bits per heavy atom. The van der Waals surface area contributed by atoms with Crippen molar-refractivity contribution in [1.29, 1.82) is 0 Å². The van der Waals surface area contributed by atoms with Gasteiger partial charge in [-0.3, -0.25) is 4.79 Å². The number of rotatable bonds is 12. The fourth-order valence-electron chi connectivity index (χ4n) is 4.22. The Morgan fingerprint density at radius 1 is 1.03 bits per heavy atom. The number of hydrogen-bond acceptors (Lipinski definition) is 5. The van der Waals surface area contributed by atoms with E-state index in [4.69, 9.17) is 9.47 Å². The Hall–Kier alpha value is -3.52. The standard InChI is InChI=1S/C30H39N3O4S/c1-7-23(4)33(30(35)31-26-12-10-21(2)17-22(26)3)20-29(34)32(19-25-9-8-16-38-25)15-14-24-11-13-27(36-5)28(18-24)37-6/h8-13,16-18,23H,7,14-15,19-20H2,1-6H3,(H,31,35). The van der Waals surface area contributed by atoms with E-state index in [1.165, 1.54) is 0 Å². The van der Waals surface area contributed by atoms with Gasteiger partial charge in [0.2, 0.25) is 5.91 Å². The molecule has 1 unspecified atom stereocenters. The first-order chi connectivity index (χ1) is 18.2. The van der Waals surface area contributed by atoms with Gasteiger partial charge in [-0.1, -0.05) is 36.8 Å². The van der Waals surface area contributed by atoms with Crippen LogP contribution in [0.25, 0.3) is 0 Å². The van der Waals surface area contributed by atoms with Gasteiger partial charge in [0.25, 0.3) is 0 Å². The van der Waals surface area contributed by atoms with Gasteiger partial charge in [0.1, 0.15) is 6.54 Å². The van der Waals surface area contributed by atoms with E-state index in [1.807, 2.05) is 86.5 Å². The molecule has 1 aromatic heterocycles. The summed E-state index contributed by atoms with van der Waals surface area (Å²) in [5.41, 5.74) is 3.92. The molecule has 0 aliphatic heterocycles. The molecule has 0 saturated carbocycles. The maximum atomic E-state index is 13.7. The number of benzene rings is 2. The van der Waals surface area contributed by atoms with Crippen molar-refractivity contribution in [3.63, 3.8) is 0 Å². The maximum Gasteiger partial charge on any atom is 0.322 e. The van der Waals surface area contributed by atoms with Crippen molar-refractivity contribution < 1.29 is 19.1 Å². The molecule has 1 N–H and O–H groups in total. The molecule has 1 atom stereocenters. The molecule has 7 nitrogen and oxygen atoms in total. The molecule has 2 aromatic carbocycles. The van der Waals surface area contributed by atoms with Crippen molar-refractivity contribution in [2.45, 2.75) is 53.1 Å². The van der Waals surface area contributed by atoms with Crippen molar-refractivity contribution >= 4 is 29.0 Å². The quantitative estimate of drug-likeness (QED) is 0.295. The van der Waals surface area contributed by atoms with Crippen molar-refractivity contribution in [3.05, 3.63) is 75.5 Å². The second-order valence-electron chi connectivity index (χ2n) is 9.47. The molecule has 0 bridgehead atoms. The van der Waals surface area contributed by atoms with Crippen molar-refractivity contribution in [2.75, 3.05) is 32.6 Å². The first-order valence-corrected chi connectivity index (χ1v) is 13.8. The molecular weight excluding hydrogens is 498 g/mol. The molecule has 0 fully saturated rings. The Labute approximate surface area is 230 Å². The summed E-state index contributed by atoms with van der Waals surface area (Å²) in [6.45, 7) is 9.00. The average molecular weight is 538 g/mol. The summed E-state index contributed by atoms with van der Waals surface area (Å²) in [5, 5.41) is 5.03. The topological polar surface area (TPSA) is 71.1 Å². The van der Waals surface area contributed by atoms with Crippen LogP contribution in [0.5, 0.6) is 11.5 Å². The molecule has 0 aliphatic carbocycles. The summed E-state index contributed by atoms with van der Waals surface area (Å²) >= 11 is 1.62. The van der Waals surface area contributed by atoms with Gasteiger partial charge in [-0.25, -0.2) is 4.79 Å². The molecule has 8 heteroatoms. The number of anilines is 1. The molecule has 1 heterocycles. The summed E-state index contributed by atoms with van der Waals surface area (Å²) in [6.07, 6.45) is 1.39. The zero-order chi connectivity index (χ0) is 27.7. The van der Waals surface area contributed by atoms with Crippen LogP contribution < -0.4 is 14.8 Å². The first kappa shape index (κ1) is 29.0. The Morgan fingerprint density at radius 2 is 1.79 bits per heavy atom. The van der Waals surface area contributed by atoms with Gasteiger partial charge in [0, 0.05) is 23.2 Å². The number of urea groups is 1. The molecule has 0 spiro atoms. The van der Waals surface area contributed by atoms with Crippen molar-refractivity contribution in [3.8, 4) is 11.5 Å². The highest BCUT2D eigenvalue weighted by atomic mass is 32.1. The predicted octanol–water partition coefficient (Wildman–Crippen LogP) is 6.29. The second-order valence-corrected chi connectivity index (χ2v) is 10.5. The monoisotopic (exact) mass is 537 g/mol. The summed E-state index contributed by atoms with van der Waals surface area (Å²) in [6, 6.07) is 15.4. The summed E-state index contributed by atoms with van der Waals surface area (Å²) < 4.78 is 10.8. The highest BCUT2D eigenvalue weighted by Crippen LogP contribution is 2.28. The summed E-state index contributed by atoms with van der Waals surface area (Å²) in [7, 11) is 3.22. The van der Waals surface area contributed by atoms with E-state index in [2.05, 4.69) is 5.32 Å². The molecule has 0 aliphatic rings. The number of nitrogens with zero attached hydrogens (tertiary/aromatic N) is 2. The minimum absolute atomic E-state index is 0.00303.